The summed E-state index contributed by atoms with van der Waals surface area (Å²) in [6.07, 6.45) is -4.55. The Kier molecular flexibility index (Phi) is 5.16. The molecule has 116 valence electrons. The molecule has 2 rings (SSSR count). The lowest BCUT2D eigenvalue weighted by Crippen LogP contribution is -2.21. The molecule has 0 radical (unpaired) electrons. The van der Waals surface area contributed by atoms with Crippen molar-refractivity contribution in [1.82, 2.24) is 0 Å². The predicted molar refractivity (Wildman–Crippen MR) is 87.7 cm³/mol. The number of benzene rings is 2. The van der Waals surface area contributed by atoms with Crippen LogP contribution >= 0.6 is 35.4 Å². The summed E-state index contributed by atoms with van der Waals surface area (Å²) in [7, 11) is 0. The molecule has 0 heterocycles. The smallest absolute Gasteiger partial charge is 0.332 e. The Hall–Kier alpha value is -1.50. The van der Waals surface area contributed by atoms with Crippen LogP contribution in [-0.4, -0.2) is 5.11 Å². The molecule has 0 bridgehead atoms. The quantitative estimate of drug-likeness (QED) is 0.656. The van der Waals surface area contributed by atoms with Crippen molar-refractivity contribution in [3.8, 4) is 0 Å². The first kappa shape index (κ1) is 16.9. The molecular formula is C14H9Cl2F3N2S. The van der Waals surface area contributed by atoms with Gasteiger partial charge in [0, 0.05) is 5.02 Å². The van der Waals surface area contributed by atoms with Crippen LogP contribution in [0.25, 0.3) is 0 Å². The number of alkyl halides is 3. The SMILES string of the molecule is FC(F)(F)c1cc(Cl)ccc1NC(=S)Nc1ccccc1Cl. The van der Waals surface area contributed by atoms with E-state index >= 15 is 0 Å². The zero-order chi connectivity index (χ0) is 16.3. The van der Waals surface area contributed by atoms with Crippen molar-refractivity contribution < 1.29 is 13.2 Å². The minimum Gasteiger partial charge on any atom is -0.332 e. The zero-order valence-corrected chi connectivity index (χ0v) is 13.2. The van der Waals surface area contributed by atoms with Crippen LogP contribution in [0.1, 0.15) is 5.56 Å². The zero-order valence-electron chi connectivity index (χ0n) is 10.8. The third-order valence-corrected chi connectivity index (χ3v) is 3.43. The second kappa shape index (κ2) is 6.73. The van der Waals surface area contributed by atoms with E-state index in [1.54, 1.807) is 24.3 Å². The van der Waals surface area contributed by atoms with Gasteiger partial charge in [-0.15, -0.1) is 0 Å². The Labute approximate surface area is 140 Å². The molecule has 0 saturated carbocycles. The molecule has 0 saturated heterocycles. The summed E-state index contributed by atoms with van der Waals surface area (Å²) in [5, 5.41) is 5.62. The summed E-state index contributed by atoms with van der Waals surface area (Å²) in [6.45, 7) is 0. The highest BCUT2D eigenvalue weighted by atomic mass is 35.5. The summed E-state index contributed by atoms with van der Waals surface area (Å²) in [6, 6.07) is 10.1. The van der Waals surface area contributed by atoms with Crippen molar-refractivity contribution in [3.05, 3.63) is 58.1 Å². The molecule has 0 aromatic heterocycles. The molecule has 0 aliphatic carbocycles. The van der Waals surface area contributed by atoms with Crippen LogP contribution in [0.2, 0.25) is 10.0 Å². The van der Waals surface area contributed by atoms with Gasteiger partial charge in [-0.05, 0) is 42.5 Å². The summed E-state index contributed by atoms with van der Waals surface area (Å²) >= 11 is 16.6. The summed E-state index contributed by atoms with van der Waals surface area (Å²) < 4.78 is 39.0. The van der Waals surface area contributed by atoms with Crippen molar-refractivity contribution in [1.29, 1.82) is 0 Å². The minimum absolute atomic E-state index is 0.0112. The fraction of sp³-hybridized carbons (Fsp3) is 0.0714. The van der Waals surface area contributed by atoms with Crippen LogP contribution in [0.5, 0.6) is 0 Å². The molecule has 0 spiro atoms. The van der Waals surface area contributed by atoms with Crippen LogP contribution in [0.4, 0.5) is 24.5 Å². The van der Waals surface area contributed by atoms with Crippen LogP contribution in [-0.2, 0) is 6.18 Å². The summed E-state index contributed by atoms with van der Waals surface area (Å²) in [5.74, 6) is 0. The first-order valence-corrected chi connectivity index (χ1v) is 7.13. The number of anilines is 2. The number of para-hydroxylation sites is 1. The van der Waals surface area contributed by atoms with E-state index in [4.69, 9.17) is 35.4 Å². The Balaban J connectivity index is 2.21. The highest BCUT2D eigenvalue weighted by molar-refractivity contribution is 7.80. The van der Waals surface area contributed by atoms with E-state index in [1.807, 2.05) is 0 Å². The number of rotatable bonds is 2. The monoisotopic (exact) mass is 364 g/mol. The van der Waals surface area contributed by atoms with E-state index in [1.165, 1.54) is 12.1 Å². The van der Waals surface area contributed by atoms with Crippen LogP contribution in [0.15, 0.2) is 42.5 Å². The van der Waals surface area contributed by atoms with E-state index < -0.39 is 11.7 Å². The van der Waals surface area contributed by atoms with Gasteiger partial charge >= 0.3 is 6.18 Å². The Bertz CT molecular complexity index is 705. The molecule has 0 aliphatic rings. The first-order chi connectivity index (χ1) is 10.3. The van der Waals surface area contributed by atoms with Gasteiger partial charge in [0.05, 0.1) is 22.0 Å². The second-order valence-electron chi connectivity index (χ2n) is 4.25. The minimum atomic E-state index is -4.55. The molecule has 22 heavy (non-hydrogen) atoms. The van der Waals surface area contributed by atoms with Gasteiger partial charge < -0.3 is 10.6 Å². The van der Waals surface area contributed by atoms with E-state index in [0.29, 0.717) is 10.7 Å². The molecule has 0 atom stereocenters. The first-order valence-electron chi connectivity index (χ1n) is 5.96. The molecule has 2 aromatic carbocycles. The van der Waals surface area contributed by atoms with Crippen LogP contribution in [0.3, 0.4) is 0 Å². The molecule has 0 aliphatic heterocycles. The van der Waals surface area contributed by atoms with Gasteiger partial charge in [-0.1, -0.05) is 35.3 Å². The molecule has 2 aromatic rings. The lowest BCUT2D eigenvalue weighted by molar-refractivity contribution is -0.136. The number of hydrogen-bond acceptors (Lipinski definition) is 1. The number of thiocarbonyl (C=S) groups is 1. The normalized spacial score (nSPS) is 11.1. The maximum absolute atomic E-state index is 13.0. The van der Waals surface area contributed by atoms with Gasteiger partial charge in [-0.2, -0.15) is 13.2 Å². The molecular weight excluding hydrogens is 356 g/mol. The van der Waals surface area contributed by atoms with Gasteiger partial charge in [0.2, 0.25) is 0 Å². The van der Waals surface area contributed by atoms with Crippen molar-refractivity contribution in [2.75, 3.05) is 10.6 Å². The third-order valence-electron chi connectivity index (χ3n) is 2.66. The van der Waals surface area contributed by atoms with Crippen LogP contribution in [0, 0.1) is 0 Å². The van der Waals surface area contributed by atoms with Crippen molar-refractivity contribution in [2.24, 2.45) is 0 Å². The maximum Gasteiger partial charge on any atom is 0.418 e. The molecule has 0 unspecified atom stereocenters. The van der Waals surface area contributed by atoms with Crippen molar-refractivity contribution in [2.45, 2.75) is 6.18 Å². The summed E-state index contributed by atoms with van der Waals surface area (Å²) in [4.78, 5) is 0. The highest BCUT2D eigenvalue weighted by Crippen LogP contribution is 2.36. The largest absolute Gasteiger partial charge is 0.418 e. The standard InChI is InChI=1S/C14H9Cl2F3N2S/c15-8-5-6-11(9(7-8)14(17,18)19)20-13(22)21-12-4-2-1-3-10(12)16/h1-7H,(H2,20,21,22). The van der Waals surface area contributed by atoms with Gasteiger partial charge in [0.15, 0.2) is 5.11 Å². The van der Waals surface area contributed by atoms with E-state index in [0.717, 1.165) is 6.07 Å². The Morgan fingerprint density at radius 2 is 1.59 bits per heavy atom. The second-order valence-corrected chi connectivity index (χ2v) is 5.50. The Morgan fingerprint density at radius 3 is 2.23 bits per heavy atom. The van der Waals surface area contributed by atoms with Gasteiger partial charge in [0.1, 0.15) is 0 Å². The van der Waals surface area contributed by atoms with Crippen molar-refractivity contribution in [3.63, 3.8) is 0 Å². The molecule has 0 fully saturated rings. The summed E-state index contributed by atoms with van der Waals surface area (Å²) in [5.41, 5.74) is -0.603. The Morgan fingerprint density at radius 1 is 0.955 bits per heavy atom. The van der Waals surface area contributed by atoms with Gasteiger partial charge in [0.25, 0.3) is 0 Å². The van der Waals surface area contributed by atoms with Gasteiger partial charge in [-0.3, -0.25) is 0 Å². The van der Waals surface area contributed by atoms with E-state index in [2.05, 4.69) is 10.6 Å². The molecule has 2 nitrogen and oxygen atoms in total. The lowest BCUT2D eigenvalue weighted by Gasteiger charge is -2.16. The molecule has 2 N–H and O–H groups in total. The van der Waals surface area contributed by atoms with E-state index in [9.17, 15) is 13.2 Å². The predicted octanol–water partition coefficient (Wildman–Crippen LogP) is 5.82. The van der Waals surface area contributed by atoms with Gasteiger partial charge in [-0.25, -0.2) is 0 Å². The fourth-order valence-corrected chi connectivity index (χ4v) is 2.27. The number of hydrogen-bond donors (Lipinski definition) is 2. The lowest BCUT2D eigenvalue weighted by atomic mass is 10.1. The van der Waals surface area contributed by atoms with E-state index in [-0.39, 0.29) is 15.8 Å². The third kappa shape index (κ3) is 4.25. The molecule has 8 heteroatoms. The molecule has 0 amide bonds. The van der Waals surface area contributed by atoms with Crippen LogP contribution < -0.4 is 10.6 Å². The maximum atomic E-state index is 13.0. The number of halogens is 5. The topological polar surface area (TPSA) is 24.1 Å². The fourth-order valence-electron chi connectivity index (χ4n) is 1.70. The highest BCUT2D eigenvalue weighted by Gasteiger charge is 2.34. The van der Waals surface area contributed by atoms with Crippen molar-refractivity contribution >= 4 is 51.9 Å². The average Bonchev–Trinajstić information content (AvgIpc) is 2.42. The number of nitrogens with one attached hydrogen (secondary N) is 2. The average molecular weight is 365 g/mol.